The molecule has 3 aromatic carbocycles. The highest BCUT2D eigenvalue weighted by molar-refractivity contribution is 5.94. The summed E-state index contributed by atoms with van der Waals surface area (Å²) in [6.07, 6.45) is 2.36. The highest BCUT2D eigenvalue weighted by Crippen LogP contribution is 2.41. The van der Waals surface area contributed by atoms with Crippen molar-refractivity contribution >= 4 is 17.5 Å². The Hall–Kier alpha value is -3.87. The second-order valence-electron chi connectivity index (χ2n) is 9.60. The first-order chi connectivity index (χ1) is 18.0. The molecule has 1 heterocycles. The number of methoxy groups -OCH3 is 1. The fourth-order valence-electron chi connectivity index (χ4n) is 4.86. The second kappa shape index (κ2) is 10.6. The quantitative estimate of drug-likeness (QED) is 0.441. The lowest BCUT2D eigenvalue weighted by Crippen LogP contribution is -2.41. The first-order valence-corrected chi connectivity index (χ1v) is 12.8. The third kappa shape index (κ3) is 5.45. The molecule has 0 saturated heterocycles. The zero-order valence-corrected chi connectivity index (χ0v) is 21.1. The Kier molecular flexibility index (Phi) is 7.12. The van der Waals surface area contributed by atoms with Crippen LogP contribution >= 0.6 is 0 Å². The van der Waals surface area contributed by atoms with Gasteiger partial charge in [0.1, 0.15) is 17.3 Å². The van der Waals surface area contributed by atoms with E-state index < -0.39 is 6.10 Å². The van der Waals surface area contributed by atoms with E-state index in [4.69, 9.17) is 9.47 Å². The molecular formula is C30H31FN2O4. The fourth-order valence-corrected chi connectivity index (χ4v) is 4.86. The van der Waals surface area contributed by atoms with E-state index in [9.17, 15) is 14.0 Å². The smallest absolute Gasteiger partial charge is 0.265 e. The van der Waals surface area contributed by atoms with Gasteiger partial charge in [0.25, 0.3) is 5.91 Å². The number of hydrogen-bond acceptors (Lipinski definition) is 4. The number of nitrogens with one attached hydrogen (secondary N) is 1. The second-order valence-corrected chi connectivity index (χ2v) is 9.60. The Labute approximate surface area is 216 Å². The van der Waals surface area contributed by atoms with E-state index in [2.05, 4.69) is 5.32 Å². The predicted molar refractivity (Wildman–Crippen MR) is 139 cm³/mol. The van der Waals surface area contributed by atoms with Crippen LogP contribution in [0.1, 0.15) is 48.9 Å². The molecule has 1 aliphatic heterocycles. The number of nitrogens with zero attached hydrogens (tertiary/aromatic N) is 1. The van der Waals surface area contributed by atoms with E-state index >= 15 is 0 Å². The van der Waals surface area contributed by atoms with Crippen LogP contribution in [0.5, 0.6) is 11.5 Å². The van der Waals surface area contributed by atoms with Crippen LogP contribution in [0.3, 0.4) is 0 Å². The van der Waals surface area contributed by atoms with Crippen molar-refractivity contribution in [2.75, 3.05) is 19.0 Å². The number of ether oxygens (including phenoxy) is 2. The Balaban J connectivity index is 1.40. The number of amides is 2. The molecule has 3 aromatic rings. The summed E-state index contributed by atoms with van der Waals surface area (Å²) >= 11 is 0. The van der Waals surface area contributed by atoms with Gasteiger partial charge in [0.05, 0.1) is 13.2 Å². The van der Waals surface area contributed by atoms with Crippen LogP contribution in [0.25, 0.3) is 0 Å². The summed E-state index contributed by atoms with van der Waals surface area (Å²) in [5.74, 6) is 0.937. The average Bonchev–Trinajstić information content (AvgIpc) is 3.77. The summed E-state index contributed by atoms with van der Waals surface area (Å²) < 4.78 is 25.1. The number of benzene rings is 3. The van der Waals surface area contributed by atoms with Gasteiger partial charge in [0.15, 0.2) is 6.10 Å². The molecule has 2 unspecified atom stereocenters. The van der Waals surface area contributed by atoms with Gasteiger partial charge in [-0.2, -0.15) is 0 Å². The van der Waals surface area contributed by atoms with Crippen molar-refractivity contribution in [2.45, 2.75) is 44.8 Å². The van der Waals surface area contributed by atoms with Crippen molar-refractivity contribution in [1.29, 1.82) is 0 Å². The molecule has 37 heavy (non-hydrogen) atoms. The van der Waals surface area contributed by atoms with E-state index in [0.29, 0.717) is 30.2 Å². The van der Waals surface area contributed by atoms with Gasteiger partial charge in [0, 0.05) is 18.2 Å². The molecule has 192 valence electrons. The van der Waals surface area contributed by atoms with Gasteiger partial charge in [-0.05, 0) is 90.9 Å². The largest absolute Gasteiger partial charge is 0.497 e. The van der Waals surface area contributed by atoms with Gasteiger partial charge in [0.2, 0.25) is 5.91 Å². The molecule has 7 heteroatoms. The Bertz CT molecular complexity index is 1270. The van der Waals surface area contributed by atoms with Gasteiger partial charge >= 0.3 is 0 Å². The summed E-state index contributed by atoms with van der Waals surface area (Å²) in [7, 11) is 1.59. The molecule has 0 spiro atoms. The van der Waals surface area contributed by atoms with Crippen molar-refractivity contribution in [3.05, 3.63) is 89.2 Å². The summed E-state index contributed by atoms with van der Waals surface area (Å²) in [4.78, 5) is 28.1. The lowest BCUT2D eigenvalue weighted by molar-refractivity contribution is -0.134. The van der Waals surface area contributed by atoms with Gasteiger partial charge < -0.3 is 19.7 Å². The first kappa shape index (κ1) is 24.8. The molecule has 1 saturated carbocycles. The van der Waals surface area contributed by atoms with E-state index in [1.807, 2.05) is 30.0 Å². The topological polar surface area (TPSA) is 67.9 Å². The third-order valence-corrected chi connectivity index (χ3v) is 7.04. The van der Waals surface area contributed by atoms with Crippen LogP contribution in [-0.2, 0) is 16.0 Å². The zero-order valence-electron chi connectivity index (χ0n) is 21.1. The van der Waals surface area contributed by atoms with Gasteiger partial charge in [-0.3, -0.25) is 9.59 Å². The van der Waals surface area contributed by atoms with Gasteiger partial charge in [-0.25, -0.2) is 4.39 Å². The van der Waals surface area contributed by atoms with Crippen LogP contribution < -0.4 is 14.8 Å². The van der Waals surface area contributed by atoms with Crippen LogP contribution in [0.4, 0.5) is 10.1 Å². The van der Waals surface area contributed by atoms with Gasteiger partial charge in [-0.1, -0.05) is 25.1 Å². The highest BCUT2D eigenvalue weighted by Gasteiger charge is 2.39. The van der Waals surface area contributed by atoms with E-state index in [0.717, 1.165) is 36.0 Å². The SMILES string of the molecule is CCC(Oc1ccc2c(c1)C(c1ccc(F)cc1)N(C(=O)C1CC1)CC2)C(=O)Nc1ccc(OC)cc1. The Morgan fingerprint density at radius 1 is 1.03 bits per heavy atom. The maximum Gasteiger partial charge on any atom is 0.265 e. The maximum atomic E-state index is 13.7. The normalized spacial score (nSPS) is 17.5. The van der Waals surface area contributed by atoms with E-state index in [-0.39, 0.29) is 29.6 Å². The molecule has 2 aliphatic rings. The van der Waals surface area contributed by atoms with E-state index in [1.54, 1.807) is 43.5 Å². The number of rotatable bonds is 8. The molecule has 0 radical (unpaired) electrons. The molecular weight excluding hydrogens is 471 g/mol. The number of carbonyl (C=O) groups is 2. The molecule has 1 fully saturated rings. The molecule has 0 bridgehead atoms. The number of hydrogen-bond donors (Lipinski definition) is 1. The lowest BCUT2D eigenvalue weighted by Gasteiger charge is -2.38. The Morgan fingerprint density at radius 2 is 1.73 bits per heavy atom. The standard InChI is InChI=1S/C30H31FN2O4/c1-3-27(29(34)32-23-11-14-24(36-2)15-12-23)37-25-13-8-19-16-17-33(30(35)21-4-5-21)28(26(19)18-25)20-6-9-22(31)10-7-20/h6-15,18,21,27-28H,3-5,16-17H2,1-2H3,(H,32,34). The molecule has 2 atom stereocenters. The molecule has 0 aromatic heterocycles. The molecule has 6 nitrogen and oxygen atoms in total. The van der Waals surface area contributed by atoms with Crippen LogP contribution in [-0.4, -0.2) is 36.5 Å². The van der Waals surface area contributed by atoms with Crippen LogP contribution in [0.2, 0.25) is 0 Å². The minimum Gasteiger partial charge on any atom is -0.497 e. The average molecular weight is 503 g/mol. The number of carbonyl (C=O) groups excluding carboxylic acids is 2. The van der Waals surface area contributed by atoms with Crippen molar-refractivity contribution in [1.82, 2.24) is 4.90 Å². The minimum absolute atomic E-state index is 0.0788. The predicted octanol–water partition coefficient (Wildman–Crippen LogP) is 5.51. The third-order valence-electron chi connectivity index (χ3n) is 7.04. The summed E-state index contributed by atoms with van der Waals surface area (Å²) in [5, 5.41) is 2.90. The van der Waals surface area contributed by atoms with E-state index in [1.165, 1.54) is 12.1 Å². The molecule has 2 amide bonds. The molecule has 5 rings (SSSR count). The van der Waals surface area contributed by atoms with Gasteiger partial charge in [-0.15, -0.1) is 0 Å². The monoisotopic (exact) mass is 502 g/mol. The van der Waals surface area contributed by atoms with Crippen molar-refractivity contribution in [3.8, 4) is 11.5 Å². The van der Waals surface area contributed by atoms with Crippen molar-refractivity contribution in [2.24, 2.45) is 5.92 Å². The molecule has 1 aliphatic carbocycles. The minimum atomic E-state index is -0.697. The lowest BCUT2D eigenvalue weighted by atomic mass is 9.87. The van der Waals surface area contributed by atoms with Crippen LogP contribution in [0, 0.1) is 11.7 Å². The fraction of sp³-hybridized carbons (Fsp3) is 0.333. The number of anilines is 1. The summed E-state index contributed by atoms with van der Waals surface area (Å²) in [6.45, 7) is 2.51. The Morgan fingerprint density at radius 3 is 2.38 bits per heavy atom. The highest BCUT2D eigenvalue weighted by atomic mass is 19.1. The first-order valence-electron chi connectivity index (χ1n) is 12.8. The van der Waals surface area contributed by atoms with Crippen molar-refractivity contribution in [3.63, 3.8) is 0 Å². The summed E-state index contributed by atoms with van der Waals surface area (Å²) in [6, 6.07) is 19.0. The number of fused-ring (bicyclic) bond motifs is 1. The number of halogens is 1. The zero-order chi connectivity index (χ0) is 25.9. The van der Waals surface area contributed by atoms with Crippen LogP contribution in [0.15, 0.2) is 66.7 Å². The molecule has 1 N–H and O–H groups in total. The van der Waals surface area contributed by atoms with Crippen molar-refractivity contribution < 1.29 is 23.5 Å². The summed E-state index contributed by atoms with van der Waals surface area (Å²) in [5.41, 5.74) is 3.59. The maximum absolute atomic E-state index is 13.7.